The minimum Gasteiger partial charge on any atom is -0.296 e. The van der Waals surface area contributed by atoms with Crippen LogP contribution < -0.4 is 5.32 Å². The van der Waals surface area contributed by atoms with Crippen LogP contribution in [-0.4, -0.2) is 18.5 Å². The van der Waals surface area contributed by atoms with Crippen molar-refractivity contribution in [1.82, 2.24) is 5.32 Å². The van der Waals surface area contributed by atoms with E-state index in [2.05, 4.69) is 5.32 Å². The normalized spacial score (nSPS) is 31.1. The van der Waals surface area contributed by atoms with Crippen molar-refractivity contribution in [3.63, 3.8) is 0 Å². The Morgan fingerprint density at radius 3 is 2.70 bits per heavy atom. The van der Waals surface area contributed by atoms with Crippen LogP contribution in [-0.2, 0) is 0 Å². The van der Waals surface area contributed by atoms with Crippen molar-refractivity contribution in [3.05, 3.63) is 0 Å². The fourth-order valence-corrected chi connectivity index (χ4v) is 0.929. The van der Waals surface area contributed by atoms with Crippen LogP contribution in [0.2, 0.25) is 0 Å². The van der Waals surface area contributed by atoms with E-state index >= 15 is 0 Å². The van der Waals surface area contributed by atoms with E-state index in [0.29, 0.717) is 0 Å². The zero-order chi connectivity index (χ0) is 7.61. The van der Waals surface area contributed by atoms with Crippen molar-refractivity contribution < 1.29 is 8.78 Å². The van der Waals surface area contributed by atoms with Crippen molar-refractivity contribution in [2.24, 2.45) is 0 Å². The molecule has 0 aromatic rings. The van der Waals surface area contributed by atoms with Gasteiger partial charge in [0, 0.05) is 6.42 Å². The zero-order valence-corrected chi connectivity index (χ0v) is 5.40. The molecule has 1 saturated heterocycles. The fraction of sp³-hybridized carbons (Fsp3) is 0.833. The van der Waals surface area contributed by atoms with E-state index < -0.39 is 5.92 Å². The summed E-state index contributed by atoms with van der Waals surface area (Å²) in [6.45, 7) is -0.356. The SMILES string of the molecule is N#C[C@H]1CCC(F)(F)CN1. The van der Waals surface area contributed by atoms with E-state index in [9.17, 15) is 8.78 Å². The molecule has 1 aliphatic heterocycles. The van der Waals surface area contributed by atoms with Gasteiger partial charge in [0.2, 0.25) is 0 Å². The molecule has 4 heteroatoms. The molecule has 0 aromatic carbocycles. The van der Waals surface area contributed by atoms with Gasteiger partial charge in [-0.2, -0.15) is 5.26 Å². The van der Waals surface area contributed by atoms with Gasteiger partial charge in [-0.1, -0.05) is 0 Å². The number of hydrogen-bond acceptors (Lipinski definition) is 2. The summed E-state index contributed by atoms with van der Waals surface area (Å²) in [5, 5.41) is 10.8. The Morgan fingerprint density at radius 1 is 1.60 bits per heavy atom. The Balaban J connectivity index is 2.40. The lowest BCUT2D eigenvalue weighted by atomic mass is 10.0. The zero-order valence-electron chi connectivity index (χ0n) is 5.40. The van der Waals surface area contributed by atoms with Gasteiger partial charge in [-0.05, 0) is 6.42 Å². The molecule has 1 rings (SSSR count). The van der Waals surface area contributed by atoms with Gasteiger partial charge in [0.25, 0.3) is 5.92 Å². The number of piperidine rings is 1. The lowest BCUT2D eigenvalue weighted by Crippen LogP contribution is -2.44. The van der Waals surface area contributed by atoms with Gasteiger partial charge in [-0.25, -0.2) is 8.78 Å². The molecule has 1 aliphatic rings. The standard InChI is InChI=1S/C6H8F2N2/c7-6(8)2-1-5(3-9)10-4-6/h5,10H,1-2,4H2/t5-/m1/s1. The van der Waals surface area contributed by atoms with Crippen molar-refractivity contribution in [2.45, 2.75) is 24.8 Å². The highest BCUT2D eigenvalue weighted by atomic mass is 19.3. The number of rotatable bonds is 0. The van der Waals surface area contributed by atoms with E-state index in [-0.39, 0.29) is 25.4 Å². The predicted octanol–water partition coefficient (Wildman–Crippen LogP) is 0.897. The first-order valence-corrected chi connectivity index (χ1v) is 3.15. The lowest BCUT2D eigenvalue weighted by Gasteiger charge is -2.25. The fourth-order valence-electron chi connectivity index (χ4n) is 0.929. The summed E-state index contributed by atoms with van der Waals surface area (Å²) in [7, 11) is 0. The van der Waals surface area contributed by atoms with Crippen LogP contribution in [0.1, 0.15) is 12.8 Å². The first kappa shape index (κ1) is 7.42. The molecular weight excluding hydrogens is 138 g/mol. The highest BCUT2D eigenvalue weighted by Gasteiger charge is 2.34. The topological polar surface area (TPSA) is 35.8 Å². The Hall–Kier alpha value is -0.690. The van der Waals surface area contributed by atoms with E-state index in [1.54, 1.807) is 0 Å². The largest absolute Gasteiger partial charge is 0.296 e. The number of nitriles is 1. The summed E-state index contributed by atoms with van der Waals surface area (Å²) in [4.78, 5) is 0. The number of hydrogen-bond donors (Lipinski definition) is 1. The molecule has 1 heterocycles. The Bertz CT molecular complexity index is 152. The third-order valence-electron chi connectivity index (χ3n) is 1.56. The molecule has 0 bridgehead atoms. The second kappa shape index (κ2) is 2.51. The molecule has 2 nitrogen and oxygen atoms in total. The summed E-state index contributed by atoms with van der Waals surface area (Å²) in [5.41, 5.74) is 0. The summed E-state index contributed by atoms with van der Waals surface area (Å²) in [6.07, 6.45) is 0.0850. The highest BCUT2D eigenvalue weighted by Crippen LogP contribution is 2.23. The van der Waals surface area contributed by atoms with Gasteiger partial charge < -0.3 is 0 Å². The Kier molecular flexibility index (Phi) is 1.86. The number of nitrogens with one attached hydrogen (secondary N) is 1. The van der Waals surface area contributed by atoms with E-state index in [4.69, 9.17) is 5.26 Å². The Labute approximate surface area is 57.8 Å². The predicted molar refractivity (Wildman–Crippen MR) is 31.6 cm³/mol. The molecular formula is C6H8F2N2. The highest BCUT2D eigenvalue weighted by molar-refractivity contribution is 4.95. The number of nitrogens with zero attached hydrogens (tertiary/aromatic N) is 1. The summed E-state index contributed by atoms with van der Waals surface area (Å²) in [5.74, 6) is -2.60. The quantitative estimate of drug-likeness (QED) is 0.551. The molecule has 0 amide bonds. The first-order chi connectivity index (χ1) is 4.64. The second-order valence-corrected chi connectivity index (χ2v) is 2.46. The smallest absolute Gasteiger partial charge is 0.260 e. The van der Waals surface area contributed by atoms with Gasteiger partial charge in [-0.15, -0.1) is 0 Å². The molecule has 56 valence electrons. The third-order valence-corrected chi connectivity index (χ3v) is 1.56. The van der Waals surface area contributed by atoms with Gasteiger partial charge in [-0.3, -0.25) is 5.32 Å². The molecule has 0 radical (unpaired) electrons. The van der Waals surface area contributed by atoms with Crippen molar-refractivity contribution in [2.75, 3.05) is 6.54 Å². The van der Waals surface area contributed by atoms with Gasteiger partial charge in [0.05, 0.1) is 18.7 Å². The third kappa shape index (κ3) is 1.64. The molecule has 0 spiro atoms. The van der Waals surface area contributed by atoms with Gasteiger partial charge >= 0.3 is 0 Å². The molecule has 0 aromatic heterocycles. The average Bonchev–Trinajstić information content (AvgIpc) is 1.88. The van der Waals surface area contributed by atoms with E-state index in [0.717, 1.165) is 0 Å². The summed E-state index contributed by atoms with van der Waals surface area (Å²) >= 11 is 0. The van der Waals surface area contributed by atoms with Crippen LogP contribution in [0.4, 0.5) is 8.78 Å². The van der Waals surface area contributed by atoms with Crippen molar-refractivity contribution in [1.29, 1.82) is 5.26 Å². The molecule has 0 aliphatic carbocycles. The monoisotopic (exact) mass is 146 g/mol. The number of alkyl halides is 2. The van der Waals surface area contributed by atoms with Crippen LogP contribution in [0.15, 0.2) is 0 Å². The van der Waals surface area contributed by atoms with Crippen molar-refractivity contribution in [3.8, 4) is 6.07 Å². The van der Waals surface area contributed by atoms with Crippen LogP contribution in [0.3, 0.4) is 0 Å². The first-order valence-electron chi connectivity index (χ1n) is 3.15. The summed E-state index contributed by atoms with van der Waals surface area (Å²) in [6, 6.07) is 1.52. The average molecular weight is 146 g/mol. The minimum absolute atomic E-state index is 0.168. The maximum absolute atomic E-state index is 12.3. The number of halogens is 2. The molecule has 1 fully saturated rings. The Morgan fingerprint density at radius 2 is 2.30 bits per heavy atom. The molecule has 10 heavy (non-hydrogen) atoms. The maximum atomic E-state index is 12.3. The summed E-state index contributed by atoms with van der Waals surface area (Å²) < 4.78 is 24.7. The molecule has 0 saturated carbocycles. The molecule has 1 atom stereocenters. The maximum Gasteiger partial charge on any atom is 0.260 e. The van der Waals surface area contributed by atoms with E-state index in [1.165, 1.54) is 0 Å². The van der Waals surface area contributed by atoms with E-state index in [1.807, 2.05) is 6.07 Å². The van der Waals surface area contributed by atoms with Crippen LogP contribution >= 0.6 is 0 Å². The molecule has 1 N–H and O–H groups in total. The minimum atomic E-state index is -2.60. The van der Waals surface area contributed by atoms with Crippen molar-refractivity contribution >= 4 is 0 Å². The van der Waals surface area contributed by atoms with Crippen LogP contribution in [0.25, 0.3) is 0 Å². The molecule has 0 unspecified atom stereocenters. The van der Waals surface area contributed by atoms with Gasteiger partial charge in [0.15, 0.2) is 0 Å². The van der Waals surface area contributed by atoms with Crippen LogP contribution in [0, 0.1) is 11.3 Å². The van der Waals surface area contributed by atoms with Crippen LogP contribution in [0.5, 0.6) is 0 Å². The van der Waals surface area contributed by atoms with Gasteiger partial charge in [0.1, 0.15) is 0 Å². The second-order valence-electron chi connectivity index (χ2n) is 2.46. The lowest BCUT2D eigenvalue weighted by molar-refractivity contribution is -0.0257.